The number of fused-ring (bicyclic) bond motifs is 2. The molecule has 12 atom stereocenters. The fourth-order valence-corrected chi connectivity index (χ4v) is 10.9. The number of likely N-dealkylation sites (N-methyl/N-ethyl adjacent to an activating group) is 1. The number of nitrogens with one attached hydrogen (secondary N) is 3. The van der Waals surface area contributed by atoms with E-state index in [9.17, 15) is 38.7 Å². The van der Waals surface area contributed by atoms with Crippen molar-refractivity contribution in [2.45, 2.75) is 187 Å². The normalized spacial score (nSPS) is 23.1. The van der Waals surface area contributed by atoms with Gasteiger partial charge in [-0.2, -0.15) is 0 Å². The van der Waals surface area contributed by atoms with Crippen molar-refractivity contribution < 1.29 is 52.9 Å². The van der Waals surface area contributed by atoms with E-state index in [1.165, 1.54) is 14.2 Å². The number of hydrogen-bond donors (Lipinski definition) is 4. The van der Waals surface area contributed by atoms with Crippen molar-refractivity contribution in [2.24, 2.45) is 29.6 Å². The van der Waals surface area contributed by atoms with Gasteiger partial charge in [-0.05, 0) is 88.5 Å². The Morgan fingerprint density at radius 1 is 0.899 bits per heavy atom. The van der Waals surface area contributed by atoms with E-state index in [-0.39, 0.29) is 72.6 Å². The molecule has 1 aliphatic carbocycles. The summed E-state index contributed by atoms with van der Waals surface area (Å²) in [6, 6.07) is 5.22. The van der Waals surface area contributed by atoms with Crippen LogP contribution in [0.2, 0.25) is 0 Å². The summed E-state index contributed by atoms with van der Waals surface area (Å²) in [5.41, 5.74) is 0.183. The van der Waals surface area contributed by atoms with Gasteiger partial charge in [0.1, 0.15) is 23.7 Å². The summed E-state index contributed by atoms with van der Waals surface area (Å²) in [6.07, 6.45) is 3.97. The number of hydrogen-bond acceptors (Lipinski definition) is 10. The number of benzene rings is 1. The van der Waals surface area contributed by atoms with Crippen molar-refractivity contribution in [3.05, 3.63) is 35.9 Å². The smallest absolute Gasteiger partial charge is 0.407 e. The lowest BCUT2D eigenvalue weighted by molar-refractivity contribution is -0.149. The molecule has 2 saturated heterocycles. The maximum Gasteiger partial charge on any atom is 0.407 e. The molecule has 3 aliphatic rings. The second-order valence-electron chi connectivity index (χ2n) is 21.1. The van der Waals surface area contributed by atoms with Gasteiger partial charge in [0.05, 0.1) is 36.6 Å². The first-order valence-electron chi connectivity index (χ1n) is 25.3. The number of alkyl carbamates (subject to hydrolysis) is 1. The van der Waals surface area contributed by atoms with Crippen LogP contribution in [0.25, 0.3) is 0 Å². The highest BCUT2D eigenvalue weighted by Crippen LogP contribution is 2.47. The largest absolute Gasteiger partial charge is 0.480 e. The van der Waals surface area contributed by atoms with E-state index in [4.69, 9.17) is 14.2 Å². The topological polar surface area (TPSA) is 213 Å². The van der Waals surface area contributed by atoms with Crippen molar-refractivity contribution in [3.63, 3.8) is 0 Å². The second-order valence-corrected chi connectivity index (χ2v) is 21.1. The standard InChI is InChI=1S/C52H84N6O11/c1-13-32(4)44(40(67-11)30-42(60)57-28-20-23-39(57)46(68-12)34(6)47(61)54-37(50(64)65)29-35-21-16-14-17-22-35)56(10)49(63)43(31(2)3)55-48(62)45-36-25-26-38(33(36)5)58(45)41(59)24-18-15-19-27-53-51(66)69-52(7,8)9/h14,16-17,21-22,31-34,36-40,43-46H,13,15,18-20,23-30H2,1-12H3,(H,53,66)(H,54,61)(H,55,62)(H,64,65)/t32-,33-,34+,36-,37-,38-,39-,40+,43-,44-,45-,46+/m0/s1. The summed E-state index contributed by atoms with van der Waals surface area (Å²) in [5, 5.41) is 18.5. The molecule has 1 aromatic carbocycles. The number of ether oxygens (including phenoxy) is 3. The van der Waals surface area contributed by atoms with Gasteiger partial charge in [-0.1, -0.05) is 84.7 Å². The van der Waals surface area contributed by atoms with Crippen molar-refractivity contribution in [1.82, 2.24) is 30.7 Å². The molecule has 4 rings (SSSR count). The molecule has 1 aromatic rings. The fraction of sp³-hybridized carbons (Fsp3) is 0.750. The number of methoxy groups -OCH3 is 2. The third kappa shape index (κ3) is 14.9. The van der Waals surface area contributed by atoms with Gasteiger partial charge in [0.15, 0.2) is 0 Å². The Balaban J connectivity index is 1.43. The molecule has 17 nitrogen and oxygen atoms in total. The van der Waals surface area contributed by atoms with Crippen LogP contribution in [0.4, 0.5) is 4.79 Å². The Bertz CT molecular complexity index is 1890. The maximum atomic E-state index is 14.7. The van der Waals surface area contributed by atoms with Gasteiger partial charge in [0, 0.05) is 53.2 Å². The van der Waals surface area contributed by atoms with E-state index in [0.717, 1.165) is 18.4 Å². The van der Waals surface area contributed by atoms with E-state index in [1.54, 1.807) is 61.6 Å². The van der Waals surface area contributed by atoms with Crippen molar-refractivity contribution in [3.8, 4) is 0 Å². The van der Waals surface area contributed by atoms with Crippen LogP contribution < -0.4 is 16.0 Å². The predicted molar refractivity (Wildman–Crippen MR) is 262 cm³/mol. The molecule has 6 amide bonds. The van der Waals surface area contributed by atoms with Gasteiger partial charge < -0.3 is 50.0 Å². The molecule has 0 unspecified atom stereocenters. The molecule has 2 aliphatic heterocycles. The maximum absolute atomic E-state index is 14.7. The Kier molecular flexibility index (Phi) is 21.3. The minimum Gasteiger partial charge on any atom is -0.480 e. The van der Waals surface area contributed by atoms with E-state index in [2.05, 4.69) is 22.9 Å². The molecule has 3 fully saturated rings. The number of amides is 6. The minimum absolute atomic E-state index is 0.0276. The Morgan fingerprint density at radius 3 is 2.17 bits per heavy atom. The van der Waals surface area contributed by atoms with Gasteiger partial charge in [0.2, 0.25) is 29.5 Å². The highest BCUT2D eigenvalue weighted by atomic mass is 16.6. The number of likely N-dealkylation sites (tertiary alicyclic amines) is 2. The van der Waals surface area contributed by atoms with Crippen LogP contribution in [-0.2, 0) is 49.4 Å². The molecule has 0 radical (unpaired) electrons. The molecule has 4 N–H and O–H groups in total. The Hall–Kier alpha value is -4.77. The van der Waals surface area contributed by atoms with Crippen molar-refractivity contribution in [2.75, 3.05) is 34.4 Å². The zero-order valence-electron chi connectivity index (χ0n) is 43.5. The van der Waals surface area contributed by atoms with Gasteiger partial charge >= 0.3 is 12.1 Å². The molecular formula is C52H84N6O11. The summed E-state index contributed by atoms with van der Waals surface area (Å²) in [4.78, 5) is 100. The second kappa shape index (κ2) is 25.9. The minimum atomic E-state index is -1.15. The van der Waals surface area contributed by atoms with Gasteiger partial charge in [-0.25, -0.2) is 9.59 Å². The van der Waals surface area contributed by atoms with Crippen LogP contribution in [0, 0.1) is 29.6 Å². The van der Waals surface area contributed by atoms with Crippen LogP contribution >= 0.6 is 0 Å². The zero-order valence-corrected chi connectivity index (χ0v) is 43.5. The van der Waals surface area contributed by atoms with Crippen LogP contribution in [0.5, 0.6) is 0 Å². The first-order valence-corrected chi connectivity index (χ1v) is 25.3. The highest BCUT2D eigenvalue weighted by Gasteiger charge is 2.56. The number of rotatable bonds is 25. The quantitative estimate of drug-likeness (QED) is 0.0890. The monoisotopic (exact) mass is 969 g/mol. The summed E-state index contributed by atoms with van der Waals surface area (Å²) >= 11 is 0. The SMILES string of the molecule is CC[C@H](C)[C@@H]([C@@H](CC(=O)N1CCC[C@H]1[C@H](OC)[C@@H](C)C(=O)N[C@@H](Cc1ccccc1)C(=O)O)OC)N(C)C(=O)[C@@H](NC(=O)[C@@H]1[C@H]2CC[C@@H]([C@H]2C)N1C(=O)CCCCCNC(=O)OC(C)(C)C)C(C)C. The predicted octanol–water partition coefficient (Wildman–Crippen LogP) is 5.57. The van der Waals surface area contributed by atoms with Crippen molar-refractivity contribution >= 4 is 41.6 Å². The summed E-state index contributed by atoms with van der Waals surface area (Å²) in [7, 11) is 4.70. The summed E-state index contributed by atoms with van der Waals surface area (Å²) < 4.78 is 17.3. The zero-order chi connectivity index (χ0) is 51.3. The number of unbranched alkanes of at least 4 members (excludes halogenated alkanes) is 2. The number of carbonyl (C=O) groups excluding carboxylic acids is 6. The lowest BCUT2D eigenvalue weighted by Gasteiger charge is -2.41. The lowest BCUT2D eigenvalue weighted by atomic mass is 9.89. The Labute approximate surface area is 410 Å². The molecule has 2 bridgehead atoms. The van der Waals surface area contributed by atoms with E-state index in [1.807, 2.05) is 45.9 Å². The van der Waals surface area contributed by atoms with E-state index < -0.39 is 71.9 Å². The number of carboxylic acids is 1. The van der Waals surface area contributed by atoms with Gasteiger partial charge in [-0.3, -0.25) is 24.0 Å². The number of aliphatic carboxylic acids is 1. The van der Waals surface area contributed by atoms with E-state index >= 15 is 0 Å². The van der Waals surface area contributed by atoms with Crippen LogP contribution in [0.1, 0.15) is 132 Å². The van der Waals surface area contributed by atoms with E-state index in [0.29, 0.717) is 51.6 Å². The first kappa shape index (κ1) is 56.8. The fourth-order valence-electron chi connectivity index (χ4n) is 10.9. The number of carboxylic acid groups (broad SMARTS) is 1. The molecule has 69 heavy (non-hydrogen) atoms. The van der Waals surface area contributed by atoms with Crippen LogP contribution in [0.15, 0.2) is 30.3 Å². The molecule has 2 heterocycles. The van der Waals surface area contributed by atoms with Gasteiger partial charge in [-0.15, -0.1) is 0 Å². The third-order valence-electron chi connectivity index (χ3n) is 14.8. The van der Waals surface area contributed by atoms with Crippen molar-refractivity contribution in [1.29, 1.82) is 0 Å². The molecular weight excluding hydrogens is 885 g/mol. The average Bonchev–Trinajstić information content (AvgIpc) is 4.01. The van der Waals surface area contributed by atoms with Gasteiger partial charge in [0.25, 0.3) is 0 Å². The molecule has 17 heteroatoms. The highest BCUT2D eigenvalue weighted by molar-refractivity contribution is 5.93. The van der Waals surface area contributed by atoms with Crippen LogP contribution in [-0.4, -0.2) is 150 Å². The number of piperidine rings is 1. The first-order chi connectivity index (χ1) is 32.6. The van der Waals surface area contributed by atoms with Crippen LogP contribution in [0.3, 0.4) is 0 Å². The molecule has 1 saturated carbocycles. The average molecular weight is 969 g/mol. The molecule has 388 valence electrons. The Morgan fingerprint density at radius 2 is 1.58 bits per heavy atom. The summed E-state index contributed by atoms with van der Waals surface area (Å²) in [6.45, 7) is 17.8. The number of nitrogens with zero attached hydrogens (tertiary/aromatic N) is 3. The molecule has 0 aromatic heterocycles. The number of carbonyl (C=O) groups is 7. The summed E-state index contributed by atoms with van der Waals surface area (Å²) in [5.74, 6) is -3.71. The lowest BCUT2D eigenvalue weighted by Crippen LogP contribution is -2.60. The third-order valence-corrected chi connectivity index (χ3v) is 14.8. The molecule has 0 spiro atoms.